The van der Waals surface area contributed by atoms with Gasteiger partial charge < -0.3 is 20.7 Å². The Kier molecular flexibility index (Phi) is 13.2. The van der Waals surface area contributed by atoms with Gasteiger partial charge in [-0.05, 0) is 72.7 Å². The third-order valence-corrected chi connectivity index (χ3v) is 8.09. The molecule has 5 N–H and O–H groups in total. The van der Waals surface area contributed by atoms with Gasteiger partial charge in [0.15, 0.2) is 0 Å². The van der Waals surface area contributed by atoms with E-state index in [4.69, 9.17) is 15.6 Å². The Morgan fingerprint density at radius 2 is 1.51 bits per heavy atom. The van der Waals surface area contributed by atoms with Crippen LogP contribution in [0.1, 0.15) is 71.0 Å². The van der Waals surface area contributed by atoms with Crippen LogP contribution in [0, 0.1) is 11.6 Å². The van der Waals surface area contributed by atoms with Crippen LogP contribution in [-0.2, 0) is 34.1 Å². The molecule has 0 bridgehead atoms. The molecule has 244 valence electrons. The van der Waals surface area contributed by atoms with Crippen molar-refractivity contribution >= 4 is 21.9 Å². The van der Waals surface area contributed by atoms with Crippen LogP contribution in [0.15, 0.2) is 65.6 Å². The van der Waals surface area contributed by atoms with Crippen LogP contribution in [0.25, 0.3) is 0 Å². The first kappa shape index (κ1) is 35.8. The molecule has 45 heavy (non-hydrogen) atoms. The van der Waals surface area contributed by atoms with Crippen molar-refractivity contribution in [1.82, 2.24) is 10.2 Å². The number of hydrogen-bond donors (Lipinski definition) is 3. The van der Waals surface area contributed by atoms with Crippen molar-refractivity contribution in [1.29, 1.82) is 0 Å². The normalized spacial score (nSPS) is 12.9. The Morgan fingerprint density at radius 3 is 2.11 bits per heavy atom. The molecule has 0 fully saturated rings. The van der Waals surface area contributed by atoms with E-state index in [1.807, 2.05) is 45.0 Å². The number of nitrogens with two attached hydrogens (primary N) is 2. The number of primary sulfonamides is 1. The van der Waals surface area contributed by atoms with E-state index in [1.54, 1.807) is 4.90 Å². The molecule has 3 aromatic rings. The number of carbonyl (C=O) groups is 2. The molecule has 0 radical (unpaired) electrons. The summed E-state index contributed by atoms with van der Waals surface area (Å²) in [6, 6.07) is 13.5. The summed E-state index contributed by atoms with van der Waals surface area (Å²) in [5, 5.41) is 8.62. The largest absolute Gasteiger partial charge is 0.456 e. The van der Waals surface area contributed by atoms with E-state index in [1.165, 1.54) is 6.07 Å². The van der Waals surface area contributed by atoms with Crippen LogP contribution in [0.4, 0.5) is 8.78 Å². The summed E-state index contributed by atoms with van der Waals surface area (Å²) >= 11 is 0. The number of nitrogens with zero attached hydrogens (tertiary/aromatic N) is 1. The molecule has 12 heteroatoms. The van der Waals surface area contributed by atoms with Crippen LogP contribution in [0.5, 0.6) is 0 Å². The molecule has 0 aliphatic rings. The van der Waals surface area contributed by atoms with Gasteiger partial charge in [-0.15, -0.1) is 0 Å². The summed E-state index contributed by atoms with van der Waals surface area (Å²) in [4.78, 5) is 28.0. The number of benzene rings is 3. The summed E-state index contributed by atoms with van der Waals surface area (Å²) in [6.07, 6.45) is 1.19. The van der Waals surface area contributed by atoms with Gasteiger partial charge in [0.1, 0.15) is 17.7 Å². The number of halogens is 2. The van der Waals surface area contributed by atoms with E-state index < -0.39 is 50.6 Å². The Hall–Kier alpha value is -3.71. The van der Waals surface area contributed by atoms with Crippen LogP contribution in [-0.4, -0.2) is 57.0 Å². The first-order valence-corrected chi connectivity index (χ1v) is 16.6. The topological polar surface area (TPSA) is 145 Å². The second-order valence-electron chi connectivity index (χ2n) is 11.0. The number of ether oxygens (including phenoxy) is 1. The molecule has 2 atom stereocenters. The lowest BCUT2D eigenvalue weighted by Crippen LogP contribution is -2.46. The number of rotatable bonds is 16. The molecule has 0 aromatic heterocycles. The molecule has 1 amide bonds. The van der Waals surface area contributed by atoms with E-state index >= 15 is 0 Å². The smallest absolute Gasteiger partial charge is 0.338 e. The lowest BCUT2D eigenvalue weighted by atomic mass is 10.0. The lowest BCUT2D eigenvalue weighted by Gasteiger charge is -2.25. The number of esters is 1. The molecule has 0 heterocycles. The average Bonchev–Trinajstić information content (AvgIpc) is 2.99. The molecule has 3 aromatic carbocycles. The highest BCUT2D eigenvalue weighted by Gasteiger charge is 2.26. The van der Waals surface area contributed by atoms with Gasteiger partial charge in [-0.25, -0.2) is 27.1 Å². The van der Waals surface area contributed by atoms with Crippen molar-refractivity contribution in [2.45, 2.75) is 70.0 Å². The van der Waals surface area contributed by atoms with Crippen LogP contribution in [0.2, 0.25) is 0 Å². The third kappa shape index (κ3) is 10.7. The van der Waals surface area contributed by atoms with Gasteiger partial charge >= 0.3 is 5.97 Å². The molecule has 0 saturated heterocycles. The van der Waals surface area contributed by atoms with Gasteiger partial charge in [0.2, 0.25) is 10.0 Å². The summed E-state index contributed by atoms with van der Waals surface area (Å²) in [6.45, 7) is 7.25. The summed E-state index contributed by atoms with van der Waals surface area (Å²) in [7, 11) is -4.30. The van der Waals surface area contributed by atoms with Gasteiger partial charge in [-0.1, -0.05) is 45.0 Å². The van der Waals surface area contributed by atoms with Crippen molar-refractivity contribution in [2.75, 3.05) is 19.6 Å². The van der Waals surface area contributed by atoms with Gasteiger partial charge in [0.25, 0.3) is 5.91 Å². The third-order valence-electron chi connectivity index (χ3n) is 7.20. The van der Waals surface area contributed by atoms with E-state index in [9.17, 15) is 26.8 Å². The average molecular weight is 645 g/mol. The summed E-state index contributed by atoms with van der Waals surface area (Å²) in [5.74, 6) is -2.92. The molecule has 0 unspecified atom stereocenters. The van der Waals surface area contributed by atoms with Crippen molar-refractivity contribution in [3.05, 3.63) is 100 Å². The standard InChI is InChI=1S/C33H42F2N4O5S/c1-4-10-39(11-5-2)32(40)25-16-26(18-29(17-25)45(37,42)43)33(41)44-31(21-38-20-23-9-7-8-22(6-3)12-23)30(36)15-24-13-27(34)19-28(35)14-24/h7-9,12-14,16-19,30-31,38H,4-6,10-11,15,20-21,36H2,1-3H3,(H2,37,42,43)/t30-,31+/m0/s1. The highest BCUT2D eigenvalue weighted by Crippen LogP contribution is 2.20. The highest BCUT2D eigenvalue weighted by atomic mass is 32.2. The highest BCUT2D eigenvalue weighted by molar-refractivity contribution is 7.89. The van der Waals surface area contributed by atoms with Crippen molar-refractivity contribution in [3.63, 3.8) is 0 Å². The van der Waals surface area contributed by atoms with Crippen molar-refractivity contribution in [3.8, 4) is 0 Å². The molecular formula is C33H42F2N4O5S. The zero-order valence-corrected chi connectivity index (χ0v) is 26.7. The number of amides is 1. The summed E-state index contributed by atoms with van der Waals surface area (Å²) < 4.78 is 58.2. The zero-order chi connectivity index (χ0) is 33.1. The maximum atomic E-state index is 13.9. The first-order chi connectivity index (χ1) is 21.3. The molecular weight excluding hydrogens is 602 g/mol. The minimum Gasteiger partial charge on any atom is -0.456 e. The van der Waals surface area contributed by atoms with Crippen molar-refractivity contribution in [2.24, 2.45) is 10.9 Å². The number of nitrogens with one attached hydrogen (secondary N) is 1. The van der Waals surface area contributed by atoms with Crippen LogP contribution in [0.3, 0.4) is 0 Å². The second kappa shape index (κ2) is 16.6. The van der Waals surface area contributed by atoms with Gasteiger partial charge in [0.05, 0.1) is 10.5 Å². The SMILES string of the molecule is CCCN(CCC)C(=O)c1cc(C(=O)O[C@H](CNCc2cccc(CC)c2)[C@@H](N)Cc2cc(F)cc(F)c2)cc(S(N)(=O)=O)c1. The fourth-order valence-corrected chi connectivity index (χ4v) is 5.56. The predicted octanol–water partition coefficient (Wildman–Crippen LogP) is 4.32. The van der Waals surface area contributed by atoms with Gasteiger partial charge in [-0.2, -0.15) is 0 Å². The van der Waals surface area contributed by atoms with E-state index in [-0.39, 0.29) is 29.7 Å². The zero-order valence-electron chi connectivity index (χ0n) is 25.9. The van der Waals surface area contributed by atoms with Gasteiger partial charge in [-0.3, -0.25) is 4.79 Å². The van der Waals surface area contributed by atoms with Crippen LogP contribution < -0.4 is 16.2 Å². The Morgan fingerprint density at radius 1 is 0.889 bits per heavy atom. The second-order valence-corrected chi connectivity index (χ2v) is 12.5. The minimum atomic E-state index is -4.30. The Bertz CT molecular complexity index is 1560. The monoisotopic (exact) mass is 644 g/mol. The fraction of sp³-hybridized carbons (Fsp3) is 0.394. The summed E-state index contributed by atoms with van der Waals surface area (Å²) in [5.41, 5.74) is 8.63. The fourth-order valence-electron chi connectivity index (χ4n) is 4.98. The van der Waals surface area contributed by atoms with Crippen LogP contribution >= 0.6 is 0 Å². The maximum absolute atomic E-state index is 13.9. The number of sulfonamides is 1. The number of carbonyl (C=O) groups excluding carboxylic acids is 2. The van der Waals surface area contributed by atoms with E-state index in [0.717, 1.165) is 47.9 Å². The molecule has 0 aliphatic heterocycles. The molecule has 9 nitrogen and oxygen atoms in total. The molecule has 0 spiro atoms. The van der Waals surface area contributed by atoms with Crippen molar-refractivity contribution < 1.29 is 31.5 Å². The Balaban J connectivity index is 1.92. The number of aryl methyl sites for hydroxylation is 1. The minimum absolute atomic E-state index is 0.0242. The molecule has 0 aliphatic carbocycles. The lowest BCUT2D eigenvalue weighted by molar-refractivity contribution is 0.0238. The molecule has 3 rings (SSSR count). The predicted molar refractivity (Wildman–Crippen MR) is 169 cm³/mol. The molecule has 0 saturated carbocycles. The number of hydrogen-bond acceptors (Lipinski definition) is 7. The first-order valence-electron chi connectivity index (χ1n) is 15.0. The van der Waals surface area contributed by atoms with Gasteiger partial charge in [0, 0.05) is 43.9 Å². The van der Waals surface area contributed by atoms with E-state index in [0.29, 0.717) is 32.5 Å². The Labute approximate surface area is 264 Å². The quantitative estimate of drug-likeness (QED) is 0.197. The maximum Gasteiger partial charge on any atom is 0.338 e. The van der Waals surface area contributed by atoms with E-state index in [2.05, 4.69) is 5.32 Å².